The van der Waals surface area contributed by atoms with Crippen molar-refractivity contribution in [2.45, 2.75) is 6.92 Å². The minimum Gasteiger partial charge on any atom is -0.493 e. The van der Waals surface area contributed by atoms with Crippen molar-refractivity contribution >= 4 is 22.9 Å². The summed E-state index contributed by atoms with van der Waals surface area (Å²) in [5.41, 5.74) is 1.10. The van der Waals surface area contributed by atoms with E-state index in [-0.39, 0.29) is 5.75 Å². The number of furan rings is 1. The zero-order valence-corrected chi connectivity index (χ0v) is 15.3. The molecule has 27 heavy (non-hydrogen) atoms. The number of benzene rings is 2. The summed E-state index contributed by atoms with van der Waals surface area (Å²) in [6, 6.07) is 9.51. The van der Waals surface area contributed by atoms with Crippen LogP contribution in [-0.2, 0) is 4.74 Å². The van der Waals surface area contributed by atoms with E-state index in [4.69, 9.17) is 23.4 Å². The first-order chi connectivity index (χ1) is 13.0. The third kappa shape index (κ3) is 3.44. The van der Waals surface area contributed by atoms with Gasteiger partial charge in [-0.05, 0) is 43.3 Å². The van der Waals surface area contributed by atoms with Crippen LogP contribution in [-0.4, -0.2) is 33.3 Å². The molecule has 3 aromatic rings. The Labute approximate surface area is 155 Å². The minimum atomic E-state index is -0.574. The number of aryl methyl sites for hydroxylation is 1. The lowest BCUT2D eigenvalue weighted by Crippen LogP contribution is -2.09. The molecule has 1 heterocycles. The van der Waals surface area contributed by atoms with E-state index >= 15 is 0 Å². The second-order valence-corrected chi connectivity index (χ2v) is 5.64. The molecule has 1 aromatic heterocycles. The van der Waals surface area contributed by atoms with E-state index in [1.165, 1.54) is 27.4 Å². The van der Waals surface area contributed by atoms with Crippen molar-refractivity contribution in [2.75, 3.05) is 21.3 Å². The van der Waals surface area contributed by atoms with Crippen LogP contribution in [0.1, 0.15) is 26.5 Å². The van der Waals surface area contributed by atoms with Crippen LogP contribution < -0.4 is 14.2 Å². The molecule has 3 rings (SSSR count). The Kier molecular flexibility index (Phi) is 5.03. The molecule has 0 amide bonds. The largest absolute Gasteiger partial charge is 0.493 e. The SMILES string of the molecule is COC(=O)c1c(C)oc2ccc(OC(=O)c3ccc(OC)c(OC)c3)cc12. The summed E-state index contributed by atoms with van der Waals surface area (Å²) in [6.07, 6.45) is 0. The molecule has 0 aliphatic heterocycles. The molecule has 0 atom stereocenters. The summed E-state index contributed by atoms with van der Waals surface area (Å²) >= 11 is 0. The fraction of sp³-hybridized carbons (Fsp3) is 0.200. The van der Waals surface area contributed by atoms with E-state index in [9.17, 15) is 9.59 Å². The van der Waals surface area contributed by atoms with Gasteiger partial charge in [0.25, 0.3) is 0 Å². The number of carbonyl (C=O) groups excluding carboxylic acids is 2. The lowest BCUT2D eigenvalue weighted by atomic mass is 10.1. The third-order valence-electron chi connectivity index (χ3n) is 4.05. The highest BCUT2D eigenvalue weighted by molar-refractivity contribution is 6.05. The molecular formula is C20H18O7. The minimum absolute atomic E-state index is 0.272. The van der Waals surface area contributed by atoms with Gasteiger partial charge in [-0.2, -0.15) is 0 Å². The van der Waals surface area contributed by atoms with Crippen molar-refractivity contribution in [3.8, 4) is 17.2 Å². The summed E-state index contributed by atoms with van der Waals surface area (Å²) in [5.74, 6) is 0.533. The number of hydrogen-bond acceptors (Lipinski definition) is 7. The van der Waals surface area contributed by atoms with Gasteiger partial charge in [0.1, 0.15) is 22.7 Å². The van der Waals surface area contributed by atoms with Crippen molar-refractivity contribution in [3.63, 3.8) is 0 Å². The van der Waals surface area contributed by atoms with Crippen LogP contribution in [0.3, 0.4) is 0 Å². The van der Waals surface area contributed by atoms with Gasteiger partial charge in [0, 0.05) is 5.39 Å². The number of rotatable bonds is 5. The van der Waals surface area contributed by atoms with Gasteiger partial charge in [0.15, 0.2) is 11.5 Å². The summed E-state index contributed by atoms with van der Waals surface area (Å²) in [5, 5.41) is 0.511. The number of carbonyl (C=O) groups is 2. The highest BCUT2D eigenvalue weighted by Crippen LogP contribution is 2.31. The lowest BCUT2D eigenvalue weighted by Gasteiger charge is -2.09. The Bertz CT molecular complexity index is 1020. The summed E-state index contributed by atoms with van der Waals surface area (Å²) in [4.78, 5) is 24.4. The second kappa shape index (κ2) is 7.41. The van der Waals surface area contributed by atoms with E-state index in [0.29, 0.717) is 39.4 Å². The van der Waals surface area contributed by atoms with Crippen molar-refractivity contribution in [1.82, 2.24) is 0 Å². The number of hydrogen-bond donors (Lipinski definition) is 0. The normalized spacial score (nSPS) is 10.5. The van der Waals surface area contributed by atoms with Crippen molar-refractivity contribution < 1.29 is 33.0 Å². The van der Waals surface area contributed by atoms with E-state index in [0.717, 1.165) is 0 Å². The van der Waals surface area contributed by atoms with Gasteiger partial charge in [0.2, 0.25) is 0 Å². The predicted molar refractivity (Wildman–Crippen MR) is 96.8 cm³/mol. The molecule has 0 aliphatic rings. The quantitative estimate of drug-likeness (QED) is 0.499. The fourth-order valence-corrected chi connectivity index (χ4v) is 2.75. The Morgan fingerprint density at radius 3 is 2.30 bits per heavy atom. The van der Waals surface area contributed by atoms with Crippen molar-refractivity contribution in [3.05, 3.63) is 53.3 Å². The zero-order valence-electron chi connectivity index (χ0n) is 15.3. The molecule has 140 valence electrons. The molecule has 7 heteroatoms. The van der Waals surface area contributed by atoms with Crippen LogP contribution in [0.2, 0.25) is 0 Å². The fourth-order valence-electron chi connectivity index (χ4n) is 2.75. The van der Waals surface area contributed by atoms with Crippen LogP contribution >= 0.6 is 0 Å². The van der Waals surface area contributed by atoms with Gasteiger partial charge in [0.05, 0.1) is 26.9 Å². The number of methoxy groups -OCH3 is 3. The maximum Gasteiger partial charge on any atom is 0.343 e. The summed E-state index contributed by atoms with van der Waals surface area (Å²) < 4.78 is 26.1. The molecule has 0 saturated heterocycles. The molecule has 0 fully saturated rings. The Morgan fingerprint density at radius 1 is 0.889 bits per heavy atom. The standard InChI is InChI=1S/C20H18O7/c1-11-18(20(22)25-4)14-10-13(6-8-15(14)26-11)27-19(21)12-5-7-16(23-2)17(9-12)24-3/h5-10H,1-4H3. The van der Waals surface area contributed by atoms with Gasteiger partial charge in [-0.1, -0.05) is 0 Å². The monoisotopic (exact) mass is 370 g/mol. The highest BCUT2D eigenvalue weighted by Gasteiger charge is 2.20. The predicted octanol–water partition coefficient (Wildman–Crippen LogP) is 3.76. The van der Waals surface area contributed by atoms with Crippen LogP contribution in [0.4, 0.5) is 0 Å². The molecule has 0 radical (unpaired) electrons. The first-order valence-corrected chi connectivity index (χ1v) is 8.04. The summed E-state index contributed by atoms with van der Waals surface area (Å²) in [6.45, 7) is 1.67. The van der Waals surface area contributed by atoms with Crippen LogP contribution in [0, 0.1) is 6.92 Å². The molecule has 0 spiro atoms. The maximum atomic E-state index is 12.5. The molecule has 0 bridgehead atoms. The van der Waals surface area contributed by atoms with E-state index < -0.39 is 11.9 Å². The molecular weight excluding hydrogens is 352 g/mol. The highest BCUT2D eigenvalue weighted by atomic mass is 16.5. The molecule has 0 unspecified atom stereocenters. The molecule has 2 aromatic carbocycles. The molecule has 0 N–H and O–H groups in total. The molecule has 0 aliphatic carbocycles. The topological polar surface area (TPSA) is 84.2 Å². The van der Waals surface area contributed by atoms with E-state index in [2.05, 4.69) is 0 Å². The Morgan fingerprint density at radius 2 is 1.63 bits per heavy atom. The van der Waals surface area contributed by atoms with E-state index in [1.807, 2.05) is 0 Å². The average molecular weight is 370 g/mol. The Hall–Kier alpha value is -3.48. The van der Waals surface area contributed by atoms with Crippen LogP contribution in [0.15, 0.2) is 40.8 Å². The zero-order chi connectivity index (χ0) is 19.6. The van der Waals surface area contributed by atoms with Gasteiger partial charge >= 0.3 is 11.9 Å². The lowest BCUT2D eigenvalue weighted by molar-refractivity contribution is 0.0600. The number of esters is 2. The molecule has 7 nitrogen and oxygen atoms in total. The van der Waals surface area contributed by atoms with Gasteiger partial charge in [-0.3, -0.25) is 0 Å². The number of ether oxygens (including phenoxy) is 4. The first-order valence-electron chi connectivity index (χ1n) is 8.04. The third-order valence-corrected chi connectivity index (χ3v) is 4.05. The van der Waals surface area contributed by atoms with E-state index in [1.54, 1.807) is 37.3 Å². The second-order valence-electron chi connectivity index (χ2n) is 5.64. The summed E-state index contributed by atoms with van der Waals surface area (Å²) in [7, 11) is 4.29. The Balaban J connectivity index is 1.92. The first kappa shape index (κ1) is 18.3. The average Bonchev–Trinajstić information content (AvgIpc) is 3.01. The van der Waals surface area contributed by atoms with Crippen molar-refractivity contribution in [1.29, 1.82) is 0 Å². The van der Waals surface area contributed by atoms with Crippen molar-refractivity contribution in [2.24, 2.45) is 0 Å². The molecule has 0 saturated carbocycles. The maximum absolute atomic E-state index is 12.5. The van der Waals surface area contributed by atoms with Gasteiger partial charge < -0.3 is 23.4 Å². The van der Waals surface area contributed by atoms with Crippen LogP contribution in [0.25, 0.3) is 11.0 Å². The van der Waals surface area contributed by atoms with Gasteiger partial charge in [-0.25, -0.2) is 9.59 Å². The van der Waals surface area contributed by atoms with Crippen LogP contribution in [0.5, 0.6) is 17.2 Å². The smallest absolute Gasteiger partial charge is 0.343 e. The van der Waals surface area contributed by atoms with Gasteiger partial charge in [-0.15, -0.1) is 0 Å². The number of fused-ring (bicyclic) bond motifs is 1.